The molecule has 6 nitrogen and oxygen atoms in total. The van der Waals surface area contributed by atoms with Crippen molar-refractivity contribution in [3.8, 4) is 5.75 Å². The molecule has 2 fully saturated rings. The molecule has 0 radical (unpaired) electrons. The van der Waals surface area contributed by atoms with Gasteiger partial charge in [-0.25, -0.2) is 12.7 Å². The Morgan fingerprint density at radius 3 is 2.42 bits per heavy atom. The van der Waals surface area contributed by atoms with E-state index in [1.54, 1.807) is 4.31 Å². The van der Waals surface area contributed by atoms with Crippen LogP contribution in [0.15, 0.2) is 24.3 Å². The van der Waals surface area contributed by atoms with Crippen molar-refractivity contribution >= 4 is 15.9 Å². The minimum atomic E-state index is -3.09. The molecule has 0 aliphatic carbocycles. The summed E-state index contributed by atoms with van der Waals surface area (Å²) >= 11 is 0. The predicted molar refractivity (Wildman–Crippen MR) is 101 cm³/mol. The van der Waals surface area contributed by atoms with Crippen molar-refractivity contribution in [2.45, 2.75) is 26.2 Å². The second-order valence-electron chi connectivity index (χ2n) is 7.23. The van der Waals surface area contributed by atoms with E-state index >= 15 is 0 Å². The zero-order valence-electron chi connectivity index (χ0n) is 15.6. The van der Waals surface area contributed by atoms with Crippen LogP contribution in [0.5, 0.6) is 5.75 Å². The molecule has 0 bridgehead atoms. The standard InChI is InChI=1S/C19H28N2O4S/c1-3-25-18-7-5-4-6-17(18)19(22)20-11-8-16(14-20)15-9-12-21(13-10-15)26(2,23)24/h4-7,15-16H,3,8-14H2,1-2H3. The molecule has 1 atom stereocenters. The summed E-state index contributed by atoms with van der Waals surface area (Å²) < 4.78 is 30.5. The van der Waals surface area contributed by atoms with Gasteiger partial charge in [0.05, 0.1) is 18.4 Å². The predicted octanol–water partition coefficient (Wildman–Crippen LogP) is 2.22. The van der Waals surface area contributed by atoms with Crippen LogP contribution < -0.4 is 4.74 Å². The SMILES string of the molecule is CCOc1ccccc1C(=O)N1CCC(C2CCN(S(C)(=O)=O)CC2)C1. The smallest absolute Gasteiger partial charge is 0.257 e. The lowest BCUT2D eigenvalue weighted by Crippen LogP contribution is -2.40. The number of carbonyl (C=O) groups is 1. The maximum Gasteiger partial charge on any atom is 0.257 e. The second kappa shape index (κ2) is 7.96. The van der Waals surface area contributed by atoms with Gasteiger partial charge >= 0.3 is 0 Å². The molecule has 1 aromatic rings. The Labute approximate surface area is 156 Å². The van der Waals surface area contributed by atoms with Crippen molar-refractivity contribution in [3.05, 3.63) is 29.8 Å². The molecule has 2 aliphatic heterocycles. The number of para-hydroxylation sites is 1. The van der Waals surface area contributed by atoms with Crippen LogP contribution in [-0.2, 0) is 10.0 Å². The van der Waals surface area contributed by atoms with Crippen molar-refractivity contribution in [1.82, 2.24) is 9.21 Å². The highest BCUT2D eigenvalue weighted by Gasteiger charge is 2.35. The molecule has 1 amide bonds. The first-order valence-corrected chi connectivity index (χ1v) is 11.2. The second-order valence-corrected chi connectivity index (χ2v) is 9.21. The fourth-order valence-corrected chi connectivity index (χ4v) is 5.00. The zero-order valence-corrected chi connectivity index (χ0v) is 16.4. The van der Waals surface area contributed by atoms with Crippen LogP contribution in [0, 0.1) is 11.8 Å². The van der Waals surface area contributed by atoms with Gasteiger partial charge in [0.2, 0.25) is 10.0 Å². The Morgan fingerprint density at radius 1 is 1.12 bits per heavy atom. The van der Waals surface area contributed by atoms with Crippen LogP contribution in [0.2, 0.25) is 0 Å². The first-order valence-electron chi connectivity index (χ1n) is 9.36. The molecule has 0 N–H and O–H groups in total. The fraction of sp³-hybridized carbons (Fsp3) is 0.632. The Balaban J connectivity index is 1.60. The Bertz CT molecular complexity index is 742. The summed E-state index contributed by atoms with van der Waals surface area (Å²) in [6.45, 7) is 5.16. The van der Waals surface area contributed by atoms with E-state index in [1.807, 2.05) is 36.1 Å². The summed E-state index contributed by atoms with van der Waals surface area (Å²) in [7, 11) is -3.09. The molecule has 7 heteroatoms. The quantitative estimate of drug-likeness (QED) is 0.786. The van der Waals surface area contributed by atoms with E-state index in [-0.39, 0.29) is 5.91 Å². The monoisotopic (exact) mass is 380 g/mol. The van der Waals surface area contributed by atoms with Gasteiger partial charge in [-0.05, 0) is 50.2 Å². The normalized spacial score (nSPS) is 22.5. The van der Waals surface area contributed by atoms with E-state index in [0.29, 0.717) is 42.8 Å². The van der Waals surface area contributed by atoms with Gasteiger partial charge < -0.3 is 9.64 Å². The molecular formula is C19H28N2O4S. The van der Waals surface area contributed by atoms with E-state index in [2.05, 4.69) is 0 Å². The maximum absolute atomic E-state index is 12.9. The Morgan fingerprint density at radius 2 is 1.77 bits per heavy atom. The van der Waals surface area contributed by atoms with E-state index < -0.39 is 10.0 Å². The van der Waals surface area contributed by atoms with Crippen molar-refractivity contribution in [1.29, 1.82) is 0 Å². The third-order valence-corrected chi connectivity index (χ3v) is 6.87. The number of carbonyl (C=O) groups excluding carboxylic acids is 1. The molecule has 1 unspecified atom stereocenters. The van der Waals surface area contributed by atoms with Crippen LogP contribution >= 0.6 is 0 Å². The summed E-state index contributed by atoms with van der Waals surface area (Å²) in [5.41, 5.74) is 0.627. The highest BCUT2D eigenvalue weighted by atomic mass is 32.2. The number of sulfonamides is 1. The number of nitrogens with zero attached hydrogens (tertiary/aromatic N) is 2. The van der Waals surface area contributed by atoms with Crippen molar-refractivity contribution in [2.24, 2.45) is 11.8 Å². The minimum Gasteiger partial charge on any atom is -0.493 e. The van der Waals surface area contributed by atoms with Crippen LogP contribution in [0.25, 0.3) is 0 Å². The lowest BCUT2D eigenvalue weighted by atomic mass is 9.84. The van der Waals surface area contributed by atoms with Gasteiger partial charge in [-0.2, -0.15) is 0 Å². The number of piperidine rings is 1. The van der Waals surface area contributed by atoms with Gasteiger partial charge in [-0.15, -0.1) is 0 Å². The van der Waals surface area contributed by atoms with Gasteiger partial charge in [-0.3, -0.25) is 4.79 Å². The fourth-order valence-electron chi connectivity index (χ4n) is 4.13. The van der Waals surface area contributed by atoms with Gasteiger partial charge in [0, 0.05) is 26.2 Å². The summed E-state index contributed by atoms with van der Waals surface area (Å²) in [4.78, 5) is 14.8. The largest absolute Gasteiger partial charge is 0.493 e. The highest BCUT2D eigenvalue weighted by Crippen LogP contribution is 2.33. The molecule has 0 spiro atoms. The van der Waals surface area contributed by atoms with Crippen LogP contribution in [0.4, 0.5) is 0 Å². The third-order valence-electron chi connectivity index (χ3n) is 5.56. The van der Waals surface area contributed by atoms with Crippen LogP contribution in [0.3, 0.4) is 0 Å². The van der Waals surface area contributed by atoms with Crippen molar-refractivity contribution < 1.29 is 17.9 Å². The summed E-state index contributed by atoms with van der Waals surface area (Å²) in [6, 6.07) is 7.41. The van der Waals surface area contributed by atoms with Crippen LogP contribution in [0.1, 0.15) is 36.5 Å². The maximum atomic E-state index is 12.9. The molecule has 144 valence electrons. The number of hydrogen-bond donors (Lipinski definition) is 0. The lowest BCUT2D eigenvalue weighted by molar-refractivity contribution is 0.0774. The van der Waals surface area contributed by atoms with Gasteiger partial charge in [0.25, 0.3) is 5.91 Å². The van der Waals surface area contributed by atoms with Crippen molar-refractivity contribution in [3.63, 3.8) is 0 Å². The molecule has 1 aromatic carbocycles. The van der Waals surface area contributed by atoms with Crippen LogP contribution in [-0.4, -0.2) is 62.6 Å². The number of likely N-dealkylation sites (tertiary alicyclic amines) is 1. The zero-order chi connectivity index (χ0) is 18.7. The Kier molecular flexibility index (Phi) is 5.87. The summed E-state index contributed by atoms with van der Waals surface area (Å²) in [6.07, 6.45) is 4.04. The number of benzene rings is 1. The molecule has 2 aliphatic rings. The number of ether oxygens (including phenoxy) is 1. The molecular weight excluding hydrogens is 352 g/mol. The first kappa shape index (κ1) is 19.2. The average Bonchev–Trinajstić information content (AvgIpc) is 3.11. The molecule has 2 saturated heterocycles. The average molecular weight is 381 g/mol. The van der Waals surface area contributed by atoms with Gasteiger partial charge in [-0.1, -0.05) is 12.1 Å². The summed E-state index contributed by atoms with van der Waals surface area (Å²) in [5.74, 6) is 1.63. The lowest BCUT2D eigenvalue weighted by Gasteiger charge is -2.33. The molecule has 26 heavy (non-hydrogen) atoms. The number of amides is 1. The third kappa shape index (κ3) is 4.20. The molecule has 0 aromatic heterocycles. The first-order chi connectivity index (χ1) is 12.4. The van der Waals surface area contributed by atoms with Gasteiger partial charge in [0.1, 0.15) is 5.75 Å². The number of hydrogen-bond acceptors (Lipinski definition) is 4. The topological polar surface area (TPSA) is 66.9 Å². The van der Waals surface area contributed by atoms with E-state index in [9.17, 15) is 13.2 Å². The number of rotatable bonds is 5. The Hall–Kier alpha value is -1.60. The van der Waals surface area contributed by atoms with Crippen molar-refractivity contribution in [2.75, 3.05) is 39.0 Å². The molecule has 0 saturated carbocycles. The minimum absolute atomic E-state index is 0.0325. The molecule has 3 rings (SSSR count). The molecule has 2 heterocycles. The summed E-state index contributed by atoms with van der Waals surface area (Å²) in [5, 5.41) is 0. The van der Waals surface area contributed by atoms with E-state index in [4.69, 9.17) is 4.74 Å². The van der Waals surface area contributed by atoms with E-state index in [1.165, 1.54) is 6.26 Å². The van der Waals surface area contributed by atoms with E-state index in [0.717, 1.165) is 32.4 Å². The van der Waals surface area contributed by atoms with Gasteiger partial charge in [0.15, 0.2) is 0 Å². The highest BCUT2D eigenvalue weighted by molar-refractivity contribution is 7.88.